The molecule has 6 heteroatoms. The summed E-state index contributed by atoms with van der Waals surface area (Å²) < 4.78 is 0. The van der Waals surface area contributed by atoms with Crippen molar-refractivity contribution in [1.82, 2.24) is 20.2 Å². The minimum absolute atomic E-state index is 0.384. The van der Waals surface area contributed by atoms with Crippen LogP contribution in [0.1, 0.15) is 42.1 Å². The van der Waals surface area contributed by atoms with Gasteiger partial charge in [-0.15, -0.1) is 0 Å². The summed E-state index contributed by atoms with van der Waals surface area (Å²) in [5, 5.41) is 7.57. The van der Waals surface area contributed by atoms with Gasteiger partial charge in [0.05, 0.1) is 5.69 Å². The van der Waals surface area contributed by atoms with Crippen LogP contribution in [0.2, 0.25) is 5.28 Å². The van der Waals surface area contributed by atoms with Crippen LogP contribution in [0.4, 0.5) is 5.82 Å². The molecule has 4 rings (SSSR count). The molecule has 1 N–H and O–H groups in total. The molecule has 1 unspecified atom stereocenters. The molecule has 0 amide bonds. The SMILES string of the molecule is Clc1nc2c(c(N3CCCC(c4ccn[nH]4)C3)n1)CCC2. The molecular formula is C15H18ClN5. The molecule has 5 nitrogen and oxygen atoms in total. The summed E-state index contributed by atoms with van der Waals surface area (Å²) in [6.45, 7) is 2.02. The largest absolute Gasteiger partial charge is 0.356 e. The number of halogens is 1. The summed E-state index contributed by atoms with van der Waals surface area (Å²) in [5.74, 6) is 1.55. The average molecular weight is 304 g/mol. The number of hydrogen-bond donors (Lipinski definition) is 1. The first-order valence-corrected chi connectivity index (χ1v) is 7.98. The third-order valence-electron chi connectivity index (χ3n) is 4.57. The molecule has 0 aromatic carbocycles. The average Bonchev–Trinajstić information content (AvgIpc) is 3.17. The second kappa shape index (κ2) is 5.30. The van der Waals surface area contributed by atoms with Gasteiger partial charge in [-0.3, -0.25) is 5.10 Å². The van der Waals surface area contributed by atoms with E-state index in [9.17, 15) is 0 Å². The number of H-pyrrole nitrogens is 1. The number of piperidine rings is 1. The highest BCUT2D eigenvalue weighted by Gasteiger charge is 2.27. The standard InChI is InChI=1S/C15H18ClN5/c16-15-18-13-5-1-4-11(13)14(19-15)21-8-2-3-10(9-21)12-6-7-17-20-12/h6-7,10H,1-5,8-9H2,(H,17,20). The maximum atomic E-state index is 6.12. The van der Waals surface area contributed by atoms with E-state index < -0.39 is 0 Å². The van der Waals surface area contributed by atoms with E-state index in [2.05, 4.69) is 31.1 Å². The highest BCUT2D eigenvalue weighted by molar-refractivity contribution is 6.28. The van der Waals surface area contributed by atoms with Crippen LogP contribution in [0.3, 0.4) is 0 Å². The van der Waals surface area contributed by atoms with Gasteiger partial charge >= 0.3 is 0 Å². The lowest BCUT2D eigenvalue weighted by Gasteiger charge is -2.34. The molecule has 21 heavy (non-hydrogen) atoms. The van der Waals surface area contributed by atoms with E-state index in [0.29, 0.717) is 11.2 Å². The first kappa shape index (κ1) is 13.1. The van der Waals surface area contributed by atoms with Crippen LogP contribution in [0, 0.1) is 0 Å². The zero-order chi connectivity index (χ0) is 14.2. The molecule has 110 valence electrons. The fourth-order valence-electron chi connectivity index (χ4n) is 3.56. The Morgan fingerprint density at radius 1 is 1.24 bits per heavy atom. The minimum atomic E-state index is 0.384. The molecule has 1 aliphatic carbocycles. The van der Waals surface area contributed by atoms with E-state index >= 15 is 0 Å². The Hall–Kier alpha value is -1.62. The molecule has 3 heterocycles. The van der Waals surface area contributed by atoms with Crippen molar-refractivity contribution in [3.05, 3.63) is 34.5 Å². The van der Waals surface area contributed by atoms with E-state index in [1.807, 2.05) is 6.20 Å². The lowest BCUT2D eigenvalue weighted by molar-refractivity contribution is 0.497. The number of rotatable bonds is 2. The van der Waals surface area contributed by atoms with Crippen LogP contribution >= 0.6 is 11.6 Å². The van der Waals surface area contributed by atoms with Gasteiger partial charge in [0.1, 0.15) is 5.82 Å². The molecule has 0 spiro atoms. The van der Waals surface area contributed by atoms with Gasteiger partial charge in [-0.05, 0) is 49.8 Å². The zero-order valence-electron chi connectivity index (χ0n) is 11.8. The normalized spacial score (nSPS) is 21.6. The second-order valence-electron chi connectivity index (χ2n) is 5.89. The zero-order valence-corrected chi connectivity index (χ0v) is 12.6. The lowest BCUT2D eigenvalue weighted by Crippen LogP contribution is -2.36. The van der Waals surface area contributed by atoms with E-state index in [4.69, 9.17) is 11.6 Å². The molecule has 1 atom stereocenters. The third-order valence-corrected chi connectivity index (χ3v) is 4.74. The maximum Gasteiger partial charge on any atom is 0.224 e. The molecule has 0 saturated carbocycles. The number of nitrogens with one attached hydrogen (secondary N) is 1. The molecule has 2 aliphatic rings. The third kappa shape index (κ3) is 2.39. The van der Waals surface area contributed by atoms with Crippen LogP contribution < -0.4 is 4.90 Å². The van der Waals surface area contributed by atoms with Crippen LogP contribution in [-0.2, 0) is 12.8 Å². The molecule has 2 aromatic heterocycles. The van der Waals surface area contributed by atoms with Crippen LogP contribution in [0.15, 0.2) is 12.3 Å². The number of aromatic nitrogens is 4. The molecule has 0 bridgehead atoms. The first-order valence-electron chi connectivity index (χ1n) is 7.61. The maximum absolute atomic E-state index is 6.12. The Morgan fingerprint density at radius 3 is 3.05 bits per heavy atom. The van der Waals surface area contributed by atoms with Gasteiger partial charge in [0.25, 0.3) is 0 Å². The summed E-state index contributed by atoms with van der Waals surface area (Å²) in [4.78, 5) is 11.3. The number of aromatic amines is 1. The van der Waals surface area contributed by atoms with Crippen LogP contribution in [0.25, 0.3) is 0 Å². The predicted molar refractivity (Wildman–Crippen MR) is 81.8 cm³/mol. The number of nitrogens with zero attached hydrogens (tertiary/aromatic N) is 4. The van der Waals surface area contributed by atoms with Gasteiger partial charge in [-0.1, -0.05) is 0 Å². The summed E-state index contributed by atoms with van der Waals surface area (Å²) in [7, 11) is 0. The summed E-state index contributed by atoms with van der Waals surface area (Å²) in [6.07, 6.45) is 7.46. The summed E-state index contributed by atoms with van der Waals surface area (Å²) in [6, 6.07) is 2.07. The van der Waals surface area contributed by atoms with Crippen molar-refractivity contribution >= 4 is 17.4 Å². The van der Waals surface area contributed by atoms with Crippen molar-refractivity contribution in [1.29, 1.82) is 0 Å². The monoisotopic (exact) mass is 303 g/mol. The van der Waals surface area contributed by atoms with Crippen molar-refractivity contribution in [3.8, 4) is 0 Å². The van der Waals surface area contributed by atoms with Crippen molar-refractivity contribution in [2.75, 3.05) is 18.0 Å². The molecule has 0 radical (unpaired) electrons. The summed E-state index contributed by atoms with van der Waals surface area (Å²) >= 11 is 6.12. The Bertz CT molecular complexity index is 640. The Balaban J connectivity index is 1.64. The highest BCUT2D eigenvalue weighted by atomic mass is 35.5. The lowest BCUT2D eigenvalue weighted by atomic mass is 9.94. The van der Waals surface area contributed by atoms with E-state index in [1.54, 1.807) is 0 Å². The molecule has 1 aliphatic heterocycles. The van der Waals surface area contributed by atoms with Gasteiger partial charge in [0, 0.05) is 36.5 Å². The van der Waals surface area contributed by atoms with Gasteiger partial charge in [0.2, 0.25) is 5.28 Å². The van der Waals surface area contributed by atoms with E-state index in [-0.39, 0.29) is 0 Å². The number of fused-ring (bicyclic) bond motifs is 1. The Labute approximate surface area is 128 Å². The number of hydrogen-bond acceptors (Lipinski definition) is 4. The number of aryl methyl sites for hydroxylation is 1. The van der Waals surface area contributed by atoms with Crippen molar-refractivity contribution in [2.45, 2.75) is 38.0 Å². The smallest absolute Gasteiger partial charge is 0.224 e. The topological polar surface area (TPSA) is 57.7 Å². The van der Waals surface area contributed by atoms with Crippen LogP contribution in [0.5, 0.6) is 0 Å². The molecule has 1 saturated heterocycles. The molecule has 2 aromatic rings. The van der Waals surface area contributed by atoms with Crippen molar-refractivity contribution < 1.29 is 0 Å². The quantitative estimate of drug-likeness (QED) is 0.867. The van der Waals surface area contributed by atoms with Crippen LogP contribution in [-0.4, -0.2) is 33.3 Å². The van der Waals surface area contributed by atoms with Crippen molar-refractivity contribution in [2.24, 2.45) is 0 Å². The molecule has 1 fully saturated rings. The molecular weight excluding hydrogens is 286 g/mol. The van der Waals surface area contributed by atoms with Gasteiger partial charge in [-0.2, -0.15) is 5.10 Å². The fourth-order valence-corrected chi connectivity index (χ4v) is 3.74. The van der Waals surface area contributed by atoms with Gasteiger partial charge in [0.15, 0.2) is 0 Å². The number of anilines is 1. The van der Waals surface area contributed by atoms with E-state index in [0.717, 1.165) is 43.9 Å². The highest BCUT2D eigenvalue weighted by Crippen LogP contribution is 2.34. The van der Waals surface area contributed by atoms with Crippen molar-refractivity contribution in [3.63, 3.8) is 0 Å². The van der Waals surface area contributed by atoms with Gasteiger partial charge in [-0.25, -0.2) is 9.97 Å². The second-order valence-corrected chi connectivity index (χ2v) is 6.23. The fraction of sp³-hybridized carbons (Fsp3) is 0.533. The first-order chi connectivity index (χ1) is 10.3. The minimum Gasteiger partial charge on any atom is -0.356 e. The summed E-state index contributed by atoms with van der Waals surface area (Å²) in [5.41, 5.74) is 3.68. The Kier molecular flexibility index (Phi) is 3.30. The van der Waals surface area contributed by atoms with Gasteiger partial charge < -0.3 is 4.90 Å². The Morgan fingerprint density at radius 2 is 2.19 bits per heavy atom. The predicted octanol–water partition coefficient (Wildman–Crippen LogP) is 2.73. The van der Waals surface area contributed by atoms with E-state index in [1.165, 1.54) is 24.1 Å².